The van der Waals surface area contributed by atoms with Crippen molar-refractivity contribution in [2.45, 2.75) is 45.1 Å². The summed E-state index contributed by atoms with van der Waals surface area (Å²) in [6.07, 6.45) is 4.14. The molecule has 1 aliphatic carbocycles. The molecule has 2 atom stereocenters. The number of nitrogens with two attached hydrogens (primary N) is 1. The molecule has 0 bridgehead atoms. The normalized spacial score (nSPS) is 29.7. The lowest BCUT2D eigenvalue weighted by Crippen LogP contribution is -2.57. The fourth-order valence-corrected chi connectivity index (χ4v) is 4.24. The maximum absolute atomic E-state index is 12.8. The second kappa shape index (κ2) is 6.12. The molecule has 1 aromatic rings. The van der Waals surface area contributed by atoms with Crippen LogP contribution < -0.4 is 10.6 Å². The molecular formula is C15H25N5OS. The van der Waals surface area contributed by atoms with Crippen LogP contribution in [0, 0.1) is 12.8 Å². The van der Waals surface area contributed by atoms with Crippen molar-refractivity contribution in [2.24, 2.45) is 11.7 Å². The van der Waals surface area contributed by atoms with E-state index in [1.54, 1.807) is 0 Å². The quantitative estimate of drug-likeness (QED) is 0.890. The van der Waals surface area contributed by atoms with Crippen LogP contribution in [-0.2, 0) is 4.79 Å². The molecule has 2 unspecified atom stereocenters. The van der Waals surface area contributed by atoms with Gasteiger partial charge in [0.2, 0.25) is 11.0 Å². The Kier molecular flexibility index (Phi) is 4.36. The number of piperazine rings is 1. The highest BCUT2D eigenvalue weighted by molar-refractivity contribution is 7.09. The molecule has 22 heavy (non-hydrogen) atoms. The van der Waals surface area contributed by atoms with Crippen LogP contribution in [-0.4, -0.2) is 51.9 Å². The smallest absolute Gasteiger partial charge is 0.227 e. The van der Waals surface area contributed by atoms with Gasteiger partial charge in [-0.3, -0.25) is 4.79 Å². The molecule has 2 fully saturated rings. The van der Waals surface area contributed by atoms with Crippen molar-refractivity contribution in [3.8, 4) is 0 Å². The lowest BCUT2D eigenvalue weighted by atomic mass is 9.74. The third-order valence-corrected chi connectivity index (χ3v) is 5.80. The van der Waals surface area contributed by atoms with Crippen LogP contribution in [0.4, 0.5) is 5.13 Å². The Morgan fingerprint density at radius 1 is 1.32 bits per heavy atom. The molecule has 2 aliphatic rings. The number of carbonyl (C=O) groups excluding carboxylic acids is 1. The fraction of sp³-hybridized carbons (Fsp3) is 0.800. The van der Waals surface area contributed by atoms with Crippen molar-refractivity contribution >= 4 is 22.6 Å². The number of amides is 1. The van der Waals surface area contributed by atoms with E-state index >= 15 is 0 Å². The minimum absolute atomic E-state index is 0.0171. The number of hydrogen-bond acceptors (Lipinski definition) is 6. The van der Waals surface area contributed by atoms with Gasteiger partial charge < -0.3 is 15.5 Å². The molecule has 2 heterocycles. The average molecular weight is 323 g/mol. The summed E-state index contributed by atoms with van der Waals surface area (Å²) in [5.74, 6) is 1.05. The zero-order valence-electron chi connectivity index (χ0n) is 13.4. The van der Waals surface area contributed by atoms with Gasteiger partial charge >= 0.3 is 0 Å². The predicted octanol–water partition coefficient (Wildman–Crippen LogP) is 1.40. The van der Waals surface area contributed by atoms with Gasteiger partial charge in [-0.25, -0.2) is 4.98 Å². The second-order valence-corrected chi connectivity index (χ2v) is 7.47. The van der Waals surface area contributed by atoms with E-state index in [2.05, 4.69) is 14.3 Å². The van der Waals surface area contributed by atoms with E-state index in [9.17, 15) is 4.79 Å². The number of anilines is 1. The van der Waals surface area contributed by atoms with Gasteiger partial charge in [-0.2, -0.15) is 4.37 Å². The minimum atomic E-state index is -0.344. The van der Waals surface area contributed by atoms with Gasteiger partial charge in [0.25, 0.3) is 0 Å². The van der Waals surface area contributed by atoms with Gasteiger partial charge in [0, 0.05) is 43.3 Å². The lowest BCUT2D eigenvalue weighted by Gasteiger charge is -2.42. The summed E-state index contributed by atoms with van der Waals surface area (Å²) in [6.45, 7) is 7.11. The van der Waals surface area contributed by atoms with E-state index < -0.39 is 0 Å². The minimum Gasteiger partial charge on any atom is -0.343 e. The molecular weight excluding hydrogens is 298 g/mol. The molecule has 6 nitrogen and oxygen atoms in total. The Morgan fingerprint density at radius 2 is 2.05 bits per heavy atom. The first-order valence-corrected chi connectivity index (χ1v) is 8.87. The molecule has 2 N–H and O–H groups in total. The molecule has 1 amide bonds. The SMILES string of the molecule is Cc1nsc(N2CCN(C(=O)C3CCCCC3(C)N)CC2)n1. The number of carbonyl (C=O) groups is 1. The van der Waals surface area contributed by atoms with Crippen LogP contribution in [0.15, 0.2) is 0 Å². The van der Waals surface area contributed by atoms with Crippen molar-refractivity contribution in [2.75, 3.05) is 31.1 Å². The second-order valence-electron chi connectivity index (χ2n) is 6.74. The molecule has 122 valence electrons. The fourth-order valence-electron chi connectivity index (χ4n) is 3.52. The molecule has 3 rings (SSSR count). The molecule has 1 saturated heterocycles. The molecule has 0 spiro atoms. The Balaban J connectivity index is 1.60. The number of nitrogens with zero attached hydrogens (tertiary/aromatic N) is 4. The molecule has 1 aliphatic heterocycles. The number of hydrogen-bond donors (Lipinski definition) is 1. The molecule has 1 aromatic heterocycles. The Morgan fingerprint density at radius 3 is 2.64 bits per heavy atom. The number of aryl methyl sites for hydroxylation is 1. The third-order valence-electron chi connectivity index (χ3n) is 4.93. The third kappa shape index (κ3) is 3.10. The van der Waals surface area contributed by atoms with E-state index in [0.717, 1.165) is 62.8 Å². The van der Waals surface area contributed by atoms with Gasteiger partial charge in [-0.05, 0) is 26.7 Å². The van der Waals surface area contributed by atoms with Crippen LogP contribution >= 0.6 is 11.5 Å². The highest BCUT2D eigenvalue weighted by Gasteiger charge is 2.40. The van der Waals surface area contributed by atoms with Crippen molar-refractivity contribution < 1.29 is 4.79 Å². The lowest BCUT2D eigenvalue weighted by molar-refractivity contribution is -0.139. The van der Waals surface area contributed by atoms with Crippen LogP contribution in [0.5, 0.6) is 0 Å². The van der Waals surface area contributed by atoms with Gasteiger partial charge in [-0.15, -0.1) is 0 Å². The van der Waals surface area contributed by atoms with Crippen LogP contribution in [0.25, 0.3) is 0 Å². The zero-order chi connectivity index (χ0) is 15.7. The van der Waals surface area contributed by atoms with Crippen molar-refractivity contribution in [3.05, 3.63) is 5.82 Å². The standard InChI is InChI=1S/C15H25N5OS/c1-11-17-14(22-18-11)20-9-7-19(8-10-20)13(21)12-5-3-4-6-15(12,2)16/h12H,3-10,16H2,1-2H3. The van der Waals surface area contributed by atoms with Gasteiger partial charge in [-0.1, -0.05) is 12.8 Å². The van der Waals surface area contributed by atoms with E-state index in [1.807, 2.05) is 18.7 Å². The van der Waals surface area contributed by atoms with Crippen LogP contribution in [0.1, 0.15) is 38.4 Å². The molecule has 1 saturated carbocycles. The van der Waals surface area contributed by atoms with Crippen LogP contribution in [0.3, 0.4) is 0 Å². The highest BCUT2D eigenvalue weighted by atomic mass is 32.1. The first-order valence-electron chi connectivity index (χ1n) is 8.10. The van der Waals surface area contributed by atoms with Gasteiger partial charge in [0.1, 0.15) is 5.82 Å². The largest absolute Gasteiger partial charge is 0.343 e. The average Bonchev–Trinajstić information content (AvgIpc) is 2.93. The highest BCUT2D eigenvalue weighted by Crippen LogP contribution is 2.33. The number of rotatable bonds is 2. The maximum Gasteiger partial charge on any atom is 0.227 e. The van der Waals surface area contributed by atoms with Gasteiger partial charge in [0.05, 0.1) is 5.92 Å². The maximum atomic E-state index is 12.8. The Bertz CT molecular complexity index is 536. The first kappa shape index (κ1) is 15.7. The van der Waals surface area contributed by atoms with E-state index in [0.29, 0.717) is 0 Å². The molecule has 0 aromatic carbocycles. The molecule has 7 heteroatoms. The van der Waals surface area contributed by atoms with Crippen LogP contribution in [0.2, 0.25) is 0 Å². The van der Waals surface area contributed by atoms with Gasteiger partial charge in [0.15, 0.2) is 0 Å². The summed E-state index contributed by atoms with van der Waals surface area (Å²) >= 11 is 1.43. The van der Waals surface area contributed by atoms with E-state index in [4.69, 9.17) is 5.73 Å². The predicted molar refractivity (Wildman–Crippen MR) is 88.0 cm³/mol. The Labute approximate surface area is 135 Å². The number of aromatic nitrogens is 2. The van der Waals surface area contributed by atoms with E-state index in [-0.39, 0.29) is 17.4 Å². The summed E-state index contributed by atoms with van der Waals surface area (Å²) < 4.78 is 4.23. The topological polar surface area (TPSA) is 75.4 Å². The van der Waals surface area contributed by atoms with E-state index in [1.165, 1.54) is 11.5 Å². The summed E-state index contributed by atoms with van der Waals surface area (Å²) in [6, 6.07) is 0. The van der Waals surface area contributed by atoms with Crippen molar-refractivity contribution in [1.82, 2.24) is 14.3 Å². The van der Waals surface area contributed by atoms with Crippen molar-refractivity contribution in [1.29, 1.82) is 0 Å². The molecule has 0 radical (unpaired) electrons. The summed E-state index contributed by atoms with van der Waals surface area (Å²) in [5, 5.41) is 0.964. The summed E-state index contributed by atoms with van der Waals surface area (Å²) in [4.78, 5) is 21.5. The first-order chi connectivity index (χ1) is 10.5. The summed E-state index contributed by atoms with van der Waals surface area (Å²) in [7, 11) is 0. The monoisotopic (exact) mass is 323 g/mol. The summed E-state index contributed by atoms with van der Waals surface area (Å²) in [5.41, 5.74) is 6.03. The Hall–Kier alpha value is -1.21. The zero-order valence-corrected chi connectivity index (χ0v) is 14.2. The van der Waals surface area contributed by atoms with Crippen molar-refractivity contribution in [3.63, 3.8) is 0 Å².